The molecule has 3 rings (SSSR count). The van der Waals surface area contributed by atoms with Crippen molar-refractivity contribution in [3.05, 3.63) is 59.7 Å². The van der Waals surface area contributed by atoms with Crippen LogP contribution in [0.4, 0.5) is 0 Å². The normalized spacial score (nSPS) is 13.3. The van der Waals surface area contributed by atoms with Crippen LogP contribution in [-0.2, 0) is 19.7 Å². The van der Waals surface area contributed by atoms with Crippen LogP contribution in [0.3, 0.4) is 0 Å². The number of hydrogen-bond acceptors (Lipinski definition) is 3. The Morgan fingerprint density at radius 2 is 0.974 bits per heavy atom. The van der Waals surface area contributed by atoms with Crippen LogP contribution in [0.2, 0.25) is 0 Å². The highest BCUT2D eigenvalue weighted by molar-refractivity contribution is 5.98. The quantitative estimate of drug-likeness (QED) is 0.111. The Morgan fingerprint density at radius 1 is 0.590 bits per heavy atom. The number of fused-ring (bicyclic) bond motifs is 3. The second-order valence-corrected chi connectivity index (χ2v) is 11.6. The number of carbonyl (C=O) groups is 1. The molecule has 0 heterocycles. The van der Waals surface area contributed by atoms with Crippen molar-refractivity contribution < 1.29 is 14.3 Å². The highest BCUT2D eigenvalue weighted by Crippen LogP contribution is 2.49. The predicted octanol–water partition coefficient (Wildman–Crippen LogP) is 10.2. The Hall–Kier alpha value is -2.13. The average Bonchev–Trinajstić information content (AvgIpc) is 3.25. The maximum absolute atomic E-state index is 13.6. The molecular formula is C36H54O3. The molecule has 3 heteroatoms. The van der Waals surface area contributed by atoms with E-state index in [4.69, 9.17) is 9.47 Å². The summed E-state index contributed by atoms with van der Waals surface area (Å²) in [6.45, 7) is 3.06. The van der Waals surface area contributed by atoms with Crippen molar-refractivity contribution in [3.63, 3.8) is 0 Å². The van der Waals surface area contributed by atoms with E-state index in [2.05, 4.69) is 19.1 Å². The van der Waals surface area contributed by atoms with E-state index in [1.165, 1.54) is 103 Å². The lowest BCUT2D eigenvalue weighted by atomic mass is 9.79. The van der Waals surface area contributed by atoms with Gasteiger partial charge in [-0.3, -0.25) is 4.79 Å². The number of esters is 1. The standard InChI is InChI=1S/C36H54O3/c1-3-4-5-6-7-8-9-10-11-12-13-14-15-16-17-18-19-24-29-39-35(37)36(30-38-2)33-27-22-20-25-31(33)32-26-21-23-28-34(32)36/h20-23,25-28H,3-19,24,29-30H2,1-2H3. The second-order valence-electron chi connectivity index (χ2n) is 11.6. The zero-order chi connectivity index (χ0) is 27.6. The highest BCUT2D eigenvalue weighted by Gasteiger charge is 2.50. The van der Waals surface area contributed by atoms with Gasteiger partial charge in [0.1, 0.15) is 5.41 Å². The van der Waals surface area contributed by atoms with Crippen molar-refractivity contribution in [1.29, 1.82) is 0 Å². The Balaban J connectivity index is 1.23. The van der Waals surface area contributed by atoms with Crippen LogP contribution in [0, 0.1) is 0 Å². The summed E-state index contributed by atoms with van der Waals surface area (Å²) in [5.74, 6) is -0.186. The van der Waals surface area contributed by atoms with Gasteiger partial charge in [0.15, 0.2) is 0 Å². The van der Waals surface area contributed by atoms with Gasteiger partial charge in [0.05, 0.1) is 13.2 Å². The van der Waals surface area contributed by atoms with Crippen LogP contribution in [-0.4, -0.2) is 26.3 Å². The van der Waals surface area contributed by atoms with E-state index in [0.29, 0.717) is 13.2 Å². The van der Waals surface area contributed by atoms with Gasteiger partial charge in [0, 0.05) is 7.11 Å². The topological polar surface area (TPSA) is 35.5 Å². The van der Waals surface area contributed by atoms with Crippen LogP contribution in [0.5, 0.6) is 0 Å². The van der Waals surface area contributed by atoms with Crippen LogP contribution < -0.4 is 0 Å². The molecule has 0 aromatic heterocycles. The summed E-state index contributed by atoms with van der Waals surface area (Å²) in [6, 6.07) is 16.3. The zero-order valence-corrected chi connectivity index (χ0v) is 25.0. The van der Waals surface area contributed by atoms with E-state index >= 15 is 0 Å². The molecule has 0 bridgehead atoms. The molecule has 0 amide bonds. The molecule has 39 heavy (non-hydrogen) atoms. The van der Waals surface area contributed by atoms with Gasteiger partial charge >= 0.3 is 5.97 Å². The first-order chi connectivity index (χ1) is 19.3. The molecule has 1 aliphatic carbocycles. The number of unbranched alkanes of at least 4 members (excludes halogenated alkanes) is 17. The number of methoxy groups -OCH3 is 1. The van der Waals surface area contributed by atoms with E-state index in [9.17, 15) is 4.79 Å². The third kappa shape index (κ3) is 9.20. The van der Waals surface area contributed by atoms with Gasteiger partial charge in [-0.1, -0.05) is 165 Å². The van der Waals surface area contributed by atoms with E-state index in [0.717, 1.165) is 35.1 Å². The molecular weight excluding hydrogens is 480 g/mol. The smallest absolute Gasteiger partial charge is 0.323 e. The zero-order valence-electron chi connectivity index (χ0n) is 25.0. The number of rotatable bonds is 22. The second kappa shape index (κ2) is 18.3. The van der Waals surface area contributed by atoms with Crippen molar-refractivity contribution in [2.24, 2.45) is 0 Å². The molecule has 0 saturated carbocycles. The van der Waals surface area contributed by atoms with Gasteiger partial charge < -0.3 is 9.47 Å². The SMILES string of the molecule is CCCCCCCCCCCCCCCCCCCCOC(=O)C1(COC)c2ccccc2-c2ccccc21. The molecule has 2 aromatic rings. The summed E-state index contributed by atoms with van der Waals surface area (Å²) in [7, 11) is 1.66. The molecule has 0 radical (unpaired) electrons. The van der Waals surface area contributed by atoms with Gasteiger partial charge in [0.25, 0.3) is 0 Å². The lowest BCUT2D eigenvalue weighted by molar-refractivity contribution is -0.151. The maximum Gasteiger partial charge on any atom is 0.323 e. The number of carbonyl (C=O) groups excluding carboxylic acids is 1. The van der Waals surface area contributed by atoms with Gasteiger partial charge in [-0.2, -0.15) is 0 Å². The van der Waals surface area contributed by atoms with Crippen molar-refractivity contribution >= 4 is 5.97 Å². The minimum atomic E-state index is -0.879. The van der Waals surface area contributed by atoms with Crippen LogP contribution >= 0.6 is 0 Å². The first-order valence-electron chi connectivity index (χ1n) is 16.1. The Bertz CT molecular complexity index is 904. The molecule has 2 aromatic carbocycles. The predicted molar refractivity (Wildman–Crippen MR) is 164 cm³/mol. The fraction of sp³-hybridized carbons (Fsp3) is 0.639. The number of hydrogen-bond donors (Lipinski definition) is 0. The van der Waals surface area contributed by atoms with Gasteiger partial charge in [0.2, 0.25) is 0 Å². The summed E-state index contributed by atoms with van der Waals surface area (Å²) < 4.78 is 11.5. The fourth-order valence-electron chi connectivity index (χ4n) is 6.27. The Labute approximate surface area is 239 Å². The molecule has 0 spiro atoms. The van der Waals surface area contributed by atoms with E-state index in [1.807, 2.05) is 36.4 Å². The van der Waals surface area contributed by atoms with E-state index in [-0.39, 0.29) is 5.97 Å². The third-order valence-corrected chi connectivity index (χ3v) is 8.50. The lowest BCUT2D eigenvalue weighted by Gasteiger charge is -2.29. The maximum atomic E-state index is 13.6. The van der Waals surface area contributed by atoms with Crippen molar-refractivity contribution in [2.75, 3.05) is 20.3 Å². The fourth-order valence-corrected chi connectivity index (χ4v) is 6.27. The molecule has 0 atom stereocenters. The summed E-state index contributed by atoms with van der Waals surface area (Å²) in [4.78, 5) is 13.6. The minimum Gasteiger partial charge on any atom is -0.465 e. The summed E-state index contributed by atoms with van der Waals surface area (Å²) in [6.07, 6.45) is 24.3. The van der Waals surface area contributed by atoms with E-state index < -0.39 is 5.41 Å². The third-order valence-electron chi connectivity index (χ3n) is 8.50. The first kappa shape index (κ1) is 31.4. The van der Waals surface area contributed by atoms with Gasteiger partial charge in [-0.15, -0.1) is 0 Å². The molecule has 0 unspecified atom stereocenters. The largest absolute Gasteiger partial charge is 0.465 e. The molecule has 0 fully saturated rings. The number of benzene rings is 2. The Kier molecular flexibility index (Phi) is 14.7. The van der Waals surface area contributed by atoms with Crippen LogP contribution in [0.25, 0.3) is 11.1 Å². The minimum absolute atomic E-state index is 0.186. The lowest BCUT2D eigenvalue weighted by Crippen LogP contribution is -2.41. The van der Waals surface area contributed by atoms with Crippen molar-refractivity contribution in [1.82, 2.24) is 0 Å². The first-order valence-corrected chi connectivity index (χ1v) is 16.1. The molecule has 216 valence electrons. The van der Waals surface area contributed by atoms with Crippen molar-refractivity contribution in [3.8, 4) is 11.1 Å². The Morgan fingerprint density at radius 3 is 1.38 bits per heavy atom. The summed E-state index contributed by atoms with van der Waals surface area (Å²) in [5, 5.41) is 0. The molecule has 1 aliphatic rings. The van der Waals surface area contributed by atoms with E-state index in [1.54, 1.807) is 7.11 Å². The van der Waals surface area contributed by atoms with Crippen LogP contribution in [0.15, 0.2) is 48.5 Å². The molecule has 3 nitrogen and oxygen atoms in total. The van der Waals surface area contributed by atoms with Crippen molar-refractivity contribution in [2.45, 2.75) is 128 Å². The van der Waals surface area contributed by atoms with Gasteiger partial charge in [-0.25, -0.2) is 0 Å². The van der Waals surface area contributed by atoms with Crippen LogP contribution in [0.1, 0.15) is 134 Å². The highest BCUT2D eigenvalue weighted by atomic mass is 16.5. The molecule has 0 saturated heterocycles. The van der Waals surface area contributed by atoms with Gasteiger partial charge in [-0.05, 0) is 28.7 Å². The monoisotopic (exact) mass is 534 g/mol. The number of ether oxygens (including phenoxy) is 2. The molecule has 0 aliphatic heterocycles. The molecule has 0 N–H and O–H groups in total. The average molecular weight is 535 g/mol. The summed E-state index contributed by atoms with van der Waals surface area (Å²) in [5.41, 5.74) is 3.33. The summed E-state index contributed by atoms with van der Waals surface area (Å²) >= 11 is 0.